The number of rotatable bonds is 5. The molecule has 106 valence electrons. The lowest BCUT2D eigenvalue weighted by atomic mass is 10.1. The smallest absolute Gasteiger partial charge is 0.265 e. The first-order chi connectivity index (χ1) is 9.47. The van der Waals surface area contributed by atoms with Gasteiger partial charge in [-0.1, -0.05) is 13.8 Å². The SMILES string of the molecule is CC(C)Cc1ccc(C(=O)Nc2ccsc2C(N)=O)s1. The molecule has 2 aromatic heterocycles. The van der Waals surface area contributed by atoms with E-state index in [9.17, 15) is 9.59 Å². The minimum atomic E-state index is -0.526. The molecule has 0 aliphatic carbocycles. The largest absolute Gasteiger partial charge is 0.365 e. The number of carbonyl (C=O) groups is 2. The van der Waals surface area contributed by atoms with Crippen molar-refractivity contribution in [3.8, 4) is 0 Å². The molecule has 4 nitrogen and oxygen atoms in total. The van der Waals surface area contributed by atoms with Crippen molar-refractivity contribution in [3.05, 3.63) is 38.2 Å². The van der Waals surface area contributed by atoms with E-state index in [4.69, 9.17) is 5.73 Å². The molecule has 2 rings (SSSR count). The maximum absolute atomic E-state index is 12.1. The molecule has 2 heterocycles. The lowest BCUT2D eigenvalue weighted by Gasteiger charge is -2.03. The Balaban J connectivity index is 2.10. The van der Waals surface area contributed by atoms with Gasteiger partial charge >= 0.3 is 0 Å². The summed E-state index contributed by atoms with van der Waals surface area (Å²) in [4.78, 5) is 25.5. The average Bonchev–Trinajstić information content (AvgIpc) is 2.97. The van der Waals surface area contributed by atoms with E-state index in [1.54, 1.807) is 11.4 Å². The topological polar surface area (TPSA) is 72.2 Å². The van der Waals surface area contributed by atoms with E-state index in [0.717, 1.165) is 6.42 Å². The Morgan fingerprint density at radius 2 is 2.05 bits per heavy atom. The first-order valence-electron chi connectivity index (χ1n) is 6.24. The number of hydrogen-bond donors (Lipinski definition) is 2. The van der Waals surface area contributed by atoms with E-state index in [1.165, 1.54) is 27.6 Å². The van der Waals surface area contributed by atoms with Gasteiger partial charge in [0, 0.05) is 4.88 Å². The Kier molecular flexibility index (Phi) is 4.57. The van der Waals surface area contributed by atoms with Crippen molar-refractivity contribution in [1.29, 1.82) is 0 Å². The second-order valence-corrected chi connectivity index (χ2v) is 6.93. The van der Waals surface area contributed by atoms with Crippen LogP contribution in [-0.4, -0.2) is 11.8 Å². The number of carbonyl (C=O) groups excluding carboxylic acids is 2. The van der Waals surface area contributed by atoms with Gasteiger partial charge in [0.15, 0.2) is 0 Å². The summed E-state index contributed by atoms with van der Waals surface area (Å²) in [5.74, 6) is -0.171. The standard InChI is InChI=1S/C14H16N2O2S2/c1-8(2)7-9-3-4-11(20-9)14(18)16-10-5-6-19-12(10)13(15)17/h3-6,8H,7H2,1-2H3,(H2,15,17)(H,16,18). The Labute approximate surface area is 125 Å². The fourth-order valence-corrected chi connectivity index (χ4v) is 3.61. The van der Waals surface area contributed by atoms with E-state index in [2.05, 4.69) is 19.2 Å². The number of nitrogens with two attached hydrogens (primary N) is 1. The van der Waals surface area contributed by atoms with E-state index in [1.807, 2.05) is 12.1 Å². The van der Waals surface area contributed by atoms with Crippen molar-refractivity contribution in [1.82, 2.24) is 0 Å². The number of nitrogens with one attached hydrogen (secondary N) is 1. The zero-order valence-electron chi connectivity index (χ0n) is 11.3. The molecule has 0 aliphatic heterocycles. The first-order valence-corrected chi connectivity index (χ1v) is 7.94. The summed E-state index contributed by atoms with van der Waals surface area (Å²) in [6.45, 7) is 4.29. The van der Waals surface area contributed by atoms with Crippen molar-refractivity contribution >= 4 is 40.2 Å². The first kappa shape index (κ1) is 14.7. The molecule has 0 aliphatic rings. The predicted molar refractivity (Wildman–Crippen MR) is 83.7 cm³/mol. The lowest BCUT2D eigenvalue weighted by Crippen LogP contribution is -2.15. The van der Waals surface area contributed by atoms with Gasteiger partial charge in [-0.2, -0.15) is 0 Å². The molecule has 2 amide bonds. The molecule has 0 saturated carbocycles. The van der Waals surface area contributed by atoms with Crippen LogP contribution in [0.25, 0.3) is 0 Å². The molecular formula is C14H16N2O2S2. The van der Waals surface area contributed by atoms with E-state index >= 15 is 0 Å². The highest BCUT2D eigenvalue weighted by Crippen LogP contribution is 2.24. The molecule has 0 unspecified atom stereocenters. The normalized spacial score (nSPS) is 10.8. The van der Waals surface area contributed by atoms with E-state index in [-0.39, 0.29) is 5.91 Å². The van der Waals surface area contributed by atoms with Crippen LogP contribution >= 0.6 is 22.7 Å². The van der Waals surface area contributed by atoms with E-state index < -0.39 is 5.91 Å². The third-order valence-corrected chi connectivity index (χ3v) is 4.67. The Bertz CT molecular complexity index is 629. The van der Waals surface area contributed by atoms with Crippen molar-refractivity contribution < 1.29 is 9.59 Å². The van der Waals surface area contributed by atoms with Gasteiger partial charge in [-0.15, -0.1) is 22.7 Å². The summed E-state index contributed by atoms with van der Waals surface area (Å²) in [7, 11) is 0. The van der Waals surface area contributed by atoms with Crippen LogP contribution < -0.4 is 11.1 Å². The average molecular weight is 308 g/mol. The number of hydrogen-bond acceptors (Lipinski definition) is 4. The molecule has 2 aromatic rings. The summed E-state index contributed by atoms with van der Waals surface area (Å²) in [5.41, 5.74) is 5.73. The number of thiophene rings is 2. The molecule has 0 fully saturated rings. The van der Waals surface area contributed by atoms with Gasteiger partial charge in [0.05, 0.1) is 10.6 Å². The van der Waals surface area contributed by atoms with Gasteiger partial charge < -0.3 is 11.1 Å². The highest BCUT2D eigenvalue weighted by atomic mass is 32.1. The third kappa shape index (κ3) is 3.46. The summed E-state index contributed by atoms with van der Waals surface area (Å²) in [6, 6.07) is 5.47. The predicted octanol–water partition coefficient (Wildman–Crippen LogP) is 3.36. The molecule has 0 spiro atoms. The van der Waals surface area contributed by atoms with Crippen LogP contribution in [0.2, 0.25) is 0 Å². The van der Waals surface area contributed by atoms with Crippen LogP contribution in [0.1, 0.15) is 38.1 Å². The van der Waals surface area contributed by atoms with Crippen LogP contribution in [0.3, 0.4) is 0 Å². The third-order valence-electron chi connectivity index (χ3n) is 2.63. The van der Waals surface area contributed by atoms with Crippen molar-refractivity contribution in [2.24, 2.45) is 11.7 Å². The molecule has 0 aromatic carbocycles. The summed E-state index contributed by atoms with van der Waals surface area (Å²) in [5, 5.41) is 4.47. The molecule has 0 bridgehead atoms. The van der Waals surface area contributed by atoms with Gasteiger partial charge in [-0.3, -0.25) is 9.59 Å². The highest BCUT2D eigenvalue weighted by molar-refractivity contribution is 7.14. The van der Waals surface area contributed by atoms with Gasteiger partial charge in [-0.05, 0) is 35.9 Å². The Morgan fingerprint density at radius 1 is 1.30 bits per heavy atom. The number of amides is 2. The minimum absolute atomic E-state index is 0.203. The maximum atomic E-state index is 12.1. The minimum Gasteiger partial charge on any atom is -0.365 e. The Morgan fingerprint density at radius 3 is 2.70 bits per heavy atom. The van der Waals surface area contributed by atoms with Crippen LogP contribution in [0.5, 0.6) is 0 Å². The Hall–Kier alpha value is -1.66. The molecule has 0 atom stereocenters. The number of anilines is 1. The highest BCUT2D eigenvalue weighted by Gasteiger charge is 2.15. The van der Waals surface area contributed by atoms with E-state index in [0.29, 0.717) is 21.4 Å². The molecular weight excluding hydrogens is 292 g/mol. The lowest BCUT2D eigenvalue weighted by molar-refractivity contribution is 0.100. The summed E-state index contributed by atoms with van der Waals surface area (Å²) >= 11 is 2.70. The second-order valence-electron chi connectivity index (χ2n) is 4.85. The van der Waals surface area contributed by atoms with Gasteiger partial charge in [0.1, 0.15) is 4.88 Å². The van der Waals surface area contributed by atoms with Gasteiger partial charge in [0.25, 0.3) is 11.8 Å². The van der Waals surface area contributed by atoms with Crippen LogP contribution in [-0.2, 0) is 6.42 Å². The van der Waals surface area contributed by atoms with Crippen LogP contribution in [0.15, 0.2) is 23.6 Å². The van der Waals surface area contributed by atoms with Crippen LogP contribution in [0.4, 0.5) is 5.69 Å². The summed E-state index contributed by atoms with van der Waals surface area (Å²) in [6.07, 6.45) is 0.961. The molecule has 3 N–H and O–H groups in total. The molecule has 6 heteroatoms. The molecule has 0 radical (unpaired) electrons. The zero-order chi connectivity index (χ0) is 14.7. The van der Waals surface area contributed by atoms with Crippen molar-refractivity contribution in [2.75, 3.05) is 5.32 Å². The van der Waals surface area contributed by atoms with Crippen molar-refractivity contribution in [3.63, 3.8) is 0 Å². The molecule has 0 saturated heterocycles. The van der Waals surface area contributed by atoms with Crippen molar-refractivity contribution in [2.45, 2.75) is 20.3 Å². The monoisotopic (exact) mass is 308 g/mol. The van der Waals surface area contributed by atoms with Crippen LogP contribution in [0, 0.1) is 5.92 Å². The second kappa shape index (κ2) is 6.19. The van der Waals surface area contributed by atoms with Gasteiger partial charge in [0.2, 0.25) is 0 Å². The fraction of sp³-hybridized carbons (Fsp3) is 0.286. The quantitative estimate of drug-likeness (QED) is 0.889. The zero-order valence-corrected chi connectivity index (χ0v) is 12.9. The summed E-state index contributed by atoms with van der Waals surface area (Å²) < 4.78 is 0. The fourth-order valence-electron chi connectivity index (χ4n) is 1.79. The maximum Gasteiger partial charge on any atom is 0.265 e. The van der Waals surface area contributed by atoms with Gasteiger partial charge in [-0.25, -0.2) is 0 Å². The number of primary amides is 1. The molecule has 20 heavy (non-hydrogen) atoms.